The molecule has 6 heteroatoms. The lowest BCUT2D eigenvalue weighted by Crippen LogP contribution is -2.34. The zero-order valence-electron chi connectivity index (χ0n) is 14.5. The molecule has 0 saturated carbocycles. The van der Waals surface area contributed by atoms with E-state index in [0.717, 1.165) is 18.5 Å². The van der Waals surface area contributed by atoms with Crippen LogP contribution in [0, 0.1) is 5.92 Å². The highest BCUT2D eigenvalue weighted by atomic mass is 16.2. The second-order valence-corrected chi connectivity index (χ2v) is 6.48. The number of nitrogens with one attached hydrogen (secondary N) is 1. The number of hydrogen-bond donors (Lipinski definition) is 1. The van der Waals surface area contributed by atoms with Gasteiger partial charge in [0.05, 0.1) is 18.3 Å². The third-order valence-corrected chi connectivity index (χ3v) is 4.73. The summed E-state index contributed by atoms with van der Waals surface area (Å²) >= 11 is 0. The van der Waals surface area contributed by atoms with E-state index in [1.807, 2.05) is 52.9 Å². The van der Waals surface area contributed by atoms with Crippen molar-refractivity contribution >= 4 is 11.8 Å². The van der Waals surface area contributed by atoms with E-state index in [-0.39, 0.29) is 23.8 Å². The van der Waals surface area contributed by atoms with Gasteiger partial charge in [0.15, 0.2) is 0 Å². The number of amides is 2. The number of carbonyl (C=O) groups is 2. The summed E-state index contributed by atoms with van der Waals surface area (Å²) in [6.45, 7) is 3.93. The summed E-state index contributed by atoms with van der Waals surface area (Å²) in [6.07, 6.45) is 6.54. The van der Waals surface area contributed by atoms with Crippen molar-refractivity contribution in [3.8, 4) is 0 Å². The van der Waals surface area contributed by atoms with Crippen LogP contribution in [0.5, 0.6) is 0 Å². The summed E-state index contributed by atoms with van der Waals surface area (Å²) in [6, 6.07) is 9.92. The van der Waals surface area contributed by atoms with Gasteiger partial charge in [0, 0.05) is 38.4 Å². The molecule has 0 unspecified atom stereocenters. The first-order chi connectivity index (χ1) is 12.1. The molecule has 132 valence electrons. The molecule has 1 aromatic heterocycles. The molecule has 2 aromatic rings. The van der Waals surface area contributed by atoms with E-state index in [9.17, 15) is 9.59 Å². The van der Waals surface area contributed by atoms with Gasteiger partial charge in [-0.3, -0.25) is 9.59 Å². The number of nitrogens with zero attached hydrogens (tertiary/aromatic N) is 3. The Labute approximate surface area is 147 Å². The predicted molar refractivity (Wildman–Crippen MR) is 94.5 cm³/mol. The van der Waals surface area contributed by atoms with Gasteiger partial charge in [0.2, 0.25) is 11.8 Å². The Bertz CT molecular complexity index is 699. The molecule has 1 saturated heterocycles. The van der Waals surface area contributed by atoms with Crippen LogP contribution in [-0.4, -0.2) is 39.4 Å². The number of benzene rings is 1. The van der Waals surface area contributed by atoms with Gasteiger partial charge in [-0.15, -0.1) is 0 Å². The fourth-order valence-electron chi connectivity index (χ4n) is 3.23. The second kappa shape index (κ2) is 7.96. The molecule has 1 N–H and O–H groups in total. The van der Waals surface area contributed by atoms with Crippen molar-refractivity contribution in [2.75, 3.05) is 13.1 Å². The third-order valence-electron chi connectivity index (χ3n) is 4.73. The van der Waals surface area contributed by atoms with Crippen molar-refractivity contribution in [2.24, 2.45) is 5.92 Å². The van der Waals surface area contributed by atoms with Crippen LogP contribution in [0.1, 0.15) is 31.4 Å². The van der Waals surface area contributed by atoms with E-state index >= 15 is 0 Å². The van der Waals surface area contributed by atoms with E-state index in [1.54, 1.807) is 12.5 Å². The van der Waals surface area contributed by atoms with Crippen LogP contribution >= 0.6 is 0 Å². The average molecular weight is 340 g/mol. The fourth-order valence-corrected chi connectivity index (χ4v) is 3.23. The number of aryl methyl sites for hydroxylation is 1. The molecule has 3 rings (SSSR count). The molecule has 1 aromatic carbocycles. The molecule has 2 heterocycles. The van der Waals surface area contributed by atoms with Gasteiger partial charge in [-0.05, 0) is 18.9 Å². The quantitative estimate of drug-likeness (QED) is 0.784. The molecular formula is C19H24N4O2. The monoisotopic (exact) mass is 340 g/mol. The Kier molecular flexibility index (Phi) is 5.48. The number of rotatable bonds is 7. The minimum atomic E-state index is -0.257. The van der Waals surface area contributed by atoms with Crippen LogP contribution in [0.2, 0.25) is 0 Å². The molecule has 6 nitrogen and oxygen atoms in total. The number of likely N-dealkylation sites (tertiary alicyclic amines) is 1. The van der Waals surface area contributed by atoms with Crippen molar-refractivity contribution in [3.05, 3.63) is 54.6 Å². The maximum absolute atomic E-state index is 12.3. The van der Waals surface area contributed by atoms with Gasteiger partial charge in [-0.2, -0.15) is 0 Å². The van der Waals surface area contributed by atoms with Gasteiger partial charge in [-0.25, -0.2) is 4.98 Å². The highest BCUT2D eigenvalue weighted by Crippen LogP contribution is 2.28. The van der Waals surface area contributed by atoms with Crippen LogP contribution in [-0.2, 0) is 16.1 Å². The zero-order chi connectivity index (χ0) is 17.6. The van der Waals surface area contributed by atoms with E-state index in [4.69, 9.17) is 0 Å². The normalized spacial score (nSPS) is 18.4. The van der Waals surface area contributed by atoms with Gasteiger partial charge in [0.25, 0.3) is 0 Å². The maximum Gasteiger partial charge on any atom is 0.225 e. The van der Waals surface area contributed by atoms with Crippen LogP contribution in [0.3, 0.4) is 0 Å². The molecule has 1 fully saturated rings. The lowest BCUT2D eigenvalue weighted by molar-refractivity contribution is -0.130. The van der Waals surface area contributed by atoms with Crippen LogP contribution in [0.25, 0.3) is 0 Å². The van der Waals surface area contributed by atoms with E-state index in [2.05, 4.69) is 10.3 Å². The zero-order valence-corrected chi connectivity index (χ0v) is 14.5. The first-order valence-electron chi connectivity index (χ1n) is 8.73. The summed E-state index contributed by atoms with van der Waals surface area (Å²) in [4.78, 5) is 30.5. The molecule has 1 aliphatic heterocycles. The van der Waals surface area contributed by atoms with Gasteiger partial charge in [-0.1, -0.05) is 30.3 Å². The molecular weight excluding hydrogens is 316 g/mol. The lowest BCUT2D eigenvalue weighted by atomic mass is 10.1. The molecule has 0 spiro atoms. The van der Waals surface area contributed by atoms with E-state index in [1.165, 1.54) is 0 Å². The Balaban J connectivity index is 1.47. The first-order valence-corrected chi connectivity index (χ1v) is 8.73. The van der Waals surface area contributed by atoms with Gasteiger partial charge in [0.1, 0.15) is 0 Å². The first kappa shape index (κ1) is 17.2. The predicted octanol–water partition coefficient (Wildman–Crippen LogP) is 2.00. The second-order valence-electron chi connectivity index (χ2n) is 6.48. The van der Waals surface area contributed by atoms with Crippen molar-refractivity contribution in [3.63, 3.8) is 0 Å². The Morgan fingerprint density at radius 1 is 1.36 bits per heavy atom. The van der Waals surface area contributed by atoms with Gasteiger partial charge >= 0.3 is 0 Å². The lowest BCUT2D eigenvalue weighted by Gasteiger charge is -2.25. The molecule has 1 aliphatic rings. The molecule has 2 atom stereocenters. The third kappa shape index (κ3) is 4.26. The molecule has 0 radical (unpaired) electrons. The molecule has 0 bridgehead atoms. The molecule has 25 heavy (non-hydrogen) atoms. The standard InChI is InChI=1S/C19H24N4O2/c1-15(16-6-3-2-4-7-16)23-13-17(12-18(23)24)19(25)21-8-5-10-22-11-9-20-14-22/h2-4,6-7,9,11,14-15,17H,5,8,10,12-13H2,1H3,(H,21,25)/t15-,17+/m1/s1. The summed E-state index contributed by atoms with van der Waals surface area (Å²) in [5.74, 6) is -0.233. The highest BCUT2D eigenvalue weighted by Gasteiger charge is 2.36. The van der Waals surface area contributed by atoms with Crippen molar-refractivity contribution in [1.29, 1.82) is 0 Å². The summed E-state index contributed by atoms with van der Waals surface area (Å²) in [5.41, 5.74) is 1.09. The van der Waals surface area contributed by atoms with Crippen LogP contribution < -0.4 is 5.32 Å². The Hall–Kier alpha value is -2.63. The van der Waals surface area contributed by atoms with Crippen molar-refractivity contribution < 1.29 is 9.59 Å². The fraction of sp³-hybridized carbons (Fsp3) is 0.421. The smallest absolute Gasteiger partial charge is 0.225 e. The number of hydrogen-bond acceptors (Lipinski definition) is 3. The minimum absolute atomic E-state index is 0.00672. The molecule has 2 amide bonds. The maximum atomic E-state index is 12.3. The topological polar surface area (TPSA) is 67.2 Å². The Morgan fingerprint density at radius 2 is 2.16 bits per heavy atom. The minimum Gasteiger partial charge on any atom is -0.356 e. The largest absolute Gasteiger partial charge is 0.356 e. The van der Waals surface area contributed by atoms with Crippen LogP contribution in [0.15, 0.2) is 49.1 Å². The van der Waals surface area contributed by atoms with E-state index < -0.39 is 0 Å². The van der Waals surface area contributed by atoms with Crippen LogP contribution in [0.4, 0.5) is 0 Å². The SMILES string of the molecule is C[C@H](c1ccccc1)N1C[C@@H](C(=O)NCCCn2ccnc2)CC1=O. The number of aromatic nitrogens is 2. The summed E-state index contributed by atoms with van der Waals surface area (Å²) in [5, 5.41) is 2.96. The molecule has 0 aliphatic carbocycles. The summed E-state index contributed by atoms with van der Waals surface area (Å²) in [7, 11) is 0. The highest BCUT2D eigenvalue weighted by molar-refractivity contribution is 5.89. The summed E-state index contributed by atoms with van der Waals surface area (Å²) < 4.78 is 1.98. The number of carbonyl (C=O) groups excluding carboxylic acids is 2. The van der Waals surface area contributed by atoms with Crippen molar-refractivity contribution in [2.45, 2.75) is 32.4 Å². The van der Waals surface area contributed by atoms with Crippen molar-refractivity contribution in [1.82, 2.24) is 19.8 Å². The number of imidazole rings is 1. The Morgan fingerprint density at radius 3 is 2.88 bits per heavy atom. The van der Waals surface area contributed by atoms with E-state index in [0.29, 0.717) is 19.5 Å². The van der Waals surface area contributed by atoms with Gasteiger partial charge < -0.3 is 14.8 Å². The average Bonchev–Trinajstić information content (AvgIpc) is 3.28.